The molecule has 1 N–H and O–H groups in total. The zero-order chi connectivity index (χ0) is 12.3. The molecule has 6 nitrogen and oxygen atoms in total. The molecule has 1 aliphatic heterocycles. The molecule has 1 aliphatic rings. The fourth-order valence-electron chi connectivity index (χ4n) is 1.91. The van der Waals surface area contributed by atoms with Gasteiger partial charge in [-0.15, -0.1) is 0 Å². The molecular weight excluding hydrogens is 224 g/mol. The molecule has 0 spiro atoms. The van der Waals surface area contributed by atoms with Crippen molar-refractivity contribution in [1.29, 1.82) is 0 Å². The molecule has 0 aliphatic carbocycles. The molecule has 6 heteroatoms. The van der Waals surface area contributed by atoms with Crippen LogP contribution in [0, 0.1) is 0 Å². The van der Waals surface area contributed by atoms with E-state index >= 15 is 0 Å². The molecule has 0 bridgehead atoms. The summed E-state index contributed by atoms with van der Waals surface area (Å²) in [4.78, 5) is 24.9. The number of hydrogen-bond donors (Lipinski definition) is 1. The van der Waals surface area contributed by atoms with Crippen LogP contribution < -0.4 is 21.1 Å². The van der Waals surface area contributed by atoms with Crippen molar-refractivity contribution >= 4 is 11.4 Å². The second kappa shape index (κ2) is 5.29. The van der Waals surface area contributed by atoms with Gasteiger partial charge in [-0.1, -0.05) is 0 Å². The lowest BCUT2D eigenvalue weighted by atomic mass is 10.1. The van der Waals surface area contributed by atoms with Crippen molar-refractivity contribution in [3.05, 3.63) is 20.4 Å². The van der Waals surface area contributed by atoms with Crippen LogP contribution in [0.15, 0.2) is 9.59 Å². The van der Waals surface area contributed by atoms with Crippen molar-refractivity contribution in [3.63, 3.8) is 0 Å². The molecule has 1 fully saturated rings. The van der Waals surface area contributed by atoms with Gasteiger partial charge in [0.1, 0.15) is 11.4 Å². The quantitative estimate of drug-likeness (QED) is 0.535. The SMILES string of the molecule is COCCNc1c(N2CCOCC2)c(=O)c1=O. The van der Waals surface area contributed by atoms with E-state index in [9.17, 15) is 9.59 Å². The predicted octanol–water partition coefficient (Wildman–Crippen LogP) is -0.822. The maximum absolute atomic E-state index is 11.5. The molecule has 1 aromatic rings. The van der Waals surface area contributed by atoms with Crippen LogP contribution in [0.2, 0.25) is 0 Å². The molecule has 17 heavy (non-hydrogen) atoms. The second-order valence-electron chi connectivity index (χ2n) is 3.90. The summed E-state index contributed by atoms with van der Waals surface area (Å²) in [5, 5.41) is 2.95. The van der Waals surface area contributed by atoms with Gasteiger partial charge in [0.25, 0.3) is 10.9 Å². The van der Waals surface area contributed by atoms with Crippen LogP contribution >= 0.6 is 0 Å². The number of rotatable bonds is 5. The molecule has 0 atom stereocenters. The summed E-state index contributed by atoms with van der Waals surface area (Å²) in [6.07, 6.45) is 0. The van der Waals surface area contributed by atoms with Crippen LogP contribution in [0.3, 0.4) is 0 Å². The highest BCUT2D eigenvalue weighted by atomic mass is 16.5. The molecule has 2 rings (SSSR count). The van der Waals surface area contributed by atoms with Crippen LogP contribution in [0.25, 0.3) is 0 Å². The maximum atomic E-state index is 11.5. The first-order valence-electron chi connectivity index (χ1n) is 5.64. The van der Waals surface area contributed by atoms with E-state index in [4.69, 9.17) is 9.47 Å². The van der Waals surface area contributed by atoms with Gasteiger partial charge >= 0.3 is 0 Å². The molecular formula is C11H16N2O4. The van der Waals surface area contributed by atoms with Crippen molar-refractivity contribution in [2.45, 2.75) is 0 Å². The largest absolute Gasteiger partial charge is 0.383 e. The summed E-state index contributed by atoms with van der Waals surface area (Å²) in [7, 11) is 1.59. The summed E-state index contributed by atoms with van der Waals surface area (Å²) in [5.41, 5.74) is 0.109. The van der Waals surface area contributed by atoms with Crippen LogP contribution in [0.5, 0.6) is 0 Å². The molecule has 1 saturated heterocycles. The summed E-state index contributed by atoms with van der Waals surface area (Å²) in [6.45, 7) is 3.53. The van der Waals surface area contributed by atoms with Crippen molar-refractivity contribution in [1.82, 2.24) is 0 Å². The van der Waals surface area contributed by atoms with E-state index in [1.54, 1.807) is 7.11 Å². The lowest BCUT2D eigenvalue weighted by Gasteiger charge is -2.30. The van der Waals surface area contributed by atoms with Crippen LogP contribution in [0.1, 0.15) is 0 Å². The van der Waals surface area contributed by atoms with Crippen molar-refractivity contribution in [2.24, 2.45) is 0 Å². The van der Waals surface area contributed by atoms with E-state index in [0.717, 1.165) is 0 Å². The average molecular weight is 240 g/mol. The van der Waals surface area contributed by atoms with Gasteiger partial charge in [-0.25, -0.2) is 0 Å². The van der Waals surface area contributed by atoms with Crippen molar-refractivity contribution < 1.29 is 9.47 Å². The number of morpholine rings is 1. The maximum Gasteiger partial charge on any atom is 0.253 e. The summed E-state index contributed by atoms with van der Waals surface area (Å²) in [6, 6.07) is 0. The summed E-state index contributed by atoms with van der Waals surface area (Å²) in [5.74, 6) is 0. The minimum atomic E-state index is -0.428. The topological polar surface area (TPSA) is 67.9 Å². The highest BCUT2D eigenvalue weighted by Crippen LogP contribution is 2.20. The monoisotopic (exact) mass is 240 g/mol. The Morgan fingerprint density at radius 2 is 2.00 bits per heavy atom. The van der Waals surface area contributed by atoms with Gasteiger partial charge in [0.05, 0.1) is 19.8 Å². The highest BCUT2D eigenvalue weighted by molar-refractivity contribution is 5.75. The smallest absolute Gasteiger partial charge is 0.253 e. The number of methoxy groups -OCH3 is 1. The van der Waals surface area contributed by atoms with Gasteiger partial charge < -0.3 is 19.7 Å². The highest BCUT2D eigenvalue weighted by Gasteiger charge is 2.26. The standard InChI is InChI=1S/C11H16N2O4/c1-16-5-2-12-8-9(11(15)10(8)14)13-3-6-17-7-4-13/h12H,2-7H2,1H3. The predicted molar refractivity (Wildman–Crippen MR) is 64.8 cm³/mol. The Morgan fingerprint density at radius 3 is 2.65 bits per heavy atom. The van der Waals surface area contributed by atoms with E-state index in [-0.39, 0.29) is 0 Å². The Labute approximate surface area is 98.8 Å². The van der Waals surface area contributed by atoms with Gasteiger partial charge in [0.15, 0.2) is 0 Å². The number of anilines is 2. The van der Waals surface area contributed by atoms with E-state index in [2.05, 4.69) is 5.32 Å². The lowest BCUT2D eigenvalue weighted by molar-refractivity contribution is 0.122. The average Bonchev–Trinajstić information content (AvgIpc) is 2.38. The second-order valence-corrected chi connectivity index (χ2v) is 3.90. The first kappa shape index (κ1) is 12.1. The Bertz CT molecular complexity index is 444. The summed E-state index contributed by atoms with van der Waals surface area (Å²) >= 11 is 0. The Balaban J connectivity index is 2.08. The van der Waals surface area contributed by atoms with E-state index < -0.39 is 10.9 Å². The molecule has 1 heterocycles. The first-order chi connectivity index (χ1) is 8.25. The van der Waals surface area contributed by atoms with Gasteiger partial charge in [0.2, 0.25) is 0 Å². The van der Waals surface area contributed by atoms with E-state index in [1.165, 1.54) is 0 Å². The van der Waals surface area contributed by atoms with Crippen LogP contribution in [0.4, 0.5) is 11.4 Å². The number of nitrogens with zero attached hydrogens (tertiary/aromatic N) is 1. The van der Waals surface area contributed by atoms with Crippen LogP contribution in [-0.4, -0.2) is 46.6 Å². The van der Waals surface area contributed by atoms with Gasteiger partial charge in [-0.2, -0.15) is 0 Å². The van der Waals surface area contributed by atoms with Gasteiger partial charge in [-0.3, -0.25) is 9.59 Å². The fourth-order valence-corrected chi connectivity index (χ4v) is 1.91. The van der Waals surface area contributed by atoms with Crippen LogP contribution in [-0.2, 0) is 9.47 Å². The number of hydrogen-bond acceptors (Lipinski definition) is 6. The van der Waals surface area contributed by atoms with Crippen molar-refractivity contribution in [2.75, 3.05) is 56.8 Å². The Morgan fingerprint density at radius 1 is 1.29 bits per heavy atom. The Kier molecular flexibility index (Phi) is 3.75. The number of ether oxygens (including phenoxy) is 2. The number of nitrogens with one attached hydrogen (secondary N) is 1. The third-order valence-electron chi connectivity index (χ3n) is 2.82. The van der Waals surface area contributed by atoms with Crippen molar-refractivity contribution in [3.8, 4) is 0 Å². The third-order valence-corrected chi connectivity index (χ3v) is 2.82. The normalized spacial score (nSPS) is 16.4. The molecule has 1 aromatic carbocycles. The zero-order valence-electron chi connectivity index (χ0n) is 9.82. The Hall–Kier alpha value is -1.40. The minimum absolute atomic E-state index is 0.396. The van der Waals surface area contributed by atoms with Gasteiger partial charge in [-0.05, 0) is 0 Å². The molecule has 0 aromatic heterocycles. The molecule has 0 saturated carbocycles. The molecule has 0 amide bonds. The summed E-state index contributed by atoms with van der Waals surface area (Å²) < 4.78 is 10.1. The molecule has 0 unspecified atom stereocenters. The molecule has 94 valence electrons. The first-order valence-corrected chi connectivity index (χ1v) is 5.64. The zero-order valence-corrected chi connectivity index (χ0v) is 9.82. The van der Waals surface area contributed by atoms with Gasteiger partial charge in [0, 0.05) is 26.7 Å². The fraction of sp³-hybridized carbons (Fsp3) is 0.636. The van der Waals surface area contributed by atoms with E-state index in [0.29, 0.717) is 50.8 Å². The third kappa shape index (κ3) is 2.32. The lowest BCUT2D eigenvalue weighted by Crippen LogP contribution is -2.47. The minimum Gasteiger partial charge on any atom is -0.383 e. The van der Waals surface area contributed by atoms with E-state index in [1.807, 2.05) is 4.90 Å². The molecule has 0 radical (unpaired) electrons.